The molecule has 0 saturated heterocycles. The van der Waals surface area contributed by atoms with E-state index in [0.717, 1.165) is 28.8 Å². The van der Waals surface area contributed by atoms with E-state index in [1.165, 1.54) is 19.3 Å². The first-order valence-corrected chi connectivity index (χ1v) is 8.30. The largest absolute Gasteiger partial charge is 0.496 e. The lowest BCUT2D eigenvalue weighted by molar-refractivity contribution is -0.122. The molecule has 1 aromatic carbocycles. The van der Waals surface area contributed by atoms with Crippen LogP contribution in [0.3, 0.4) is 0 Å². The number of benzene rings is 1. The van der Waals surface area contributed by atoms with Crippen molar-refractivity contribution in [3.8, 4) is 5.75 Å². The van der Waals surface area contributed by atoms with Gasteiger partial charge in [0.25, 0.3) is 0 Å². The lowest BCUT2D eigenvalue weighted by Crippen LogP contribution is -2.44. The Balaban J connectivity index is 1.89. The summed E-state index contributed by atoms with van der Waals surface area (Å²) in [7, 11) is 1.63. The fraction of sp³-hybridized carbons (Fsp3) is 0.562. The van der Waals surface area contributed by atoms with Gasteiger partial charge in [0.1, 0.15) is 11.8 Å². The summed E-state index contributed by atoms with van der Waals surface area (Å²) >= 11 is 3.45. The summed E-state index contributed by atoms with van der Waals surface area (Å²) in [6.07, 6.45) is 5.94. The monoisotopic (exact) mass is 354 g/mol. The van der Waals surface area contributed by atoms with Gasteiger partial charge < -0.3 is 15.4 Å². The standard InChI is InChI=1S/C16H23BrN2O2/c1-11(16(20)19-12-6-4-3-5-7-12)18-13-8-9-15(21-2)14(17)10-13/h8-12,18H,3-7H2,1-2H3,(H,19,20). The maximum Gasteiger partial charge on any atom is 0.242 e. The molecule has 0 bridgehead atoms. The molecule has 1 atom stereocenters. The van der Waals surface area contributed by atoms with Crippen molar-refractivity contribution in [1.82, 2.24) is 5.32 Å². The first kappa shape index (κ1) is 16.1. The third-order valence-electron chi connectivity index (χ3n) is 3.88. The number of amides is 1. The minimum atomic E-state index is -0.257. The van der Waals surface area contributed by atoms with Crippen LogP contribution in [0.1, 0.15) is 39.0 Å². The molecule has 0 heterocycles. The molecular weight excluding hydrogens is 332 g/mol. The van der Waals surface area contributed by atoms with Crippen molar-refractivity contribution < 1.29 is 9.53 Å². The number of rotatable bonds is 5. The minimum absolute atomic E-state index is 0.0637. The van der Waals surface area contributed by atoms with Crippen LogP contribution in [-0.4, -0.2) is 25.1 Å². The third-order valence-corrected chi connectivity index (χ3v) is 4.50. The van der Waals surface area contributed by atoms with Gasteiger partial charge in [-0.1, -0.05) is 19.3 Å². The van der Waals surface area contributed by atoms with Gasteiger partial charge in [-0.15, -0.1) is 0 Å². The molecule has 21 heavy (non-hydrogen) atoms. The molecule has 5 heteroatoms. The number of ether oxygens (including phenoxy) is 1. The number of hydrogen-bond acceptors (Lipinski definition) is 3. The van der Waals surface area contributed by atoms with Crippen molar-refractivity contribution in [2.75, 3.05) is 12.4 Å². The number of hydrogen-bond donors (Lipinski definition) is 2. The number of carbonyl (C=O) groups excluding carboxylic acids is 1. The molecule has 1 aliphatic rings. The van der Waals surface area contributed by atoms with Gasteiger partial charge in [-0.25, -0.2) is 0 Å². The number of halogens is 1. The third kappa shape index (κ3) is 4.63. The molecule has 0 aliphatic heterocycles. The van der Waals surface area contributed by atoms with Crippen molar-refractivity contribution in [3.05, 3.63) is 22.7 Å². The highest BCUT2D eigenvalue weighted by atomic mass is 79.9. The first-order chi connectivity index (χ1) is 10.1. The molecule has 1 fully saturated rings. The van der Waals surface area contributed by atoms with Gasteiger partial charge in [-0.3, -0.25) is 4.79 Å². The van der Waals surface area contributed by atoms with E-state index in [0.29, 0.717) is 6.04 Å². The summed E-state index contributed by atoms with van der Waals surface area (Å²) in [5, 5.41) is 6.36. The van der Waals surface area contributed by atoms with E-state index in [4.69, 9.17) is 4.74 Å². The average molecular weight is 355 g/mol. The number of anilines is 1. The highest BCUT2D eigenvalue weighted by Gasteiger charge is 2.19. The summed E-state index contributed by atoms with van der Waals surface area (Å²) in [4.78, 5) is 12.2. The fourth-order valence-corrected chi connectivity index (χ4v) is 3.19. The summed E-state index contributed by atoms with van der Waals surface area (Å²) < 4.78 is 6.07. The van der Waals surface area contributed by atoms with E-state index >= 15 is 0 Å². The van der Waals surface area contributed by atoms with E-state index in [1.807, 2.05) is 25.1 Å². The predicted octanol–water partition coefficient (Wildman–Crippen LogP) is 3.71. The Hall–Kier alpha value is -1.23. The number of carbonyl (C=O) groups is 1. The second-order valence-electron chi connectivity index (χ2n) is 5.56. The molecule has 0 spiro atoms. The van der Waals surface area contributed by atoms with Crippen LogP contribution in [0.25, 0.3) is 0 Å². The van der Waals surface area contributed by atoms with Crippen LogP contribution in [0, 0.1) is 0 Å². The van der Waals surface area contributed by atoms with E-state index in [2.05, 4.69) is 26.6 Å². The van der Waals surface area contributed by atoms with Crippen LogP contribution in [0.2, 0.25) is 0 Å². The Morgan fingerprint density at radius 3 is 2.67 bits per heavy atom. The van der Waals surface area contributed by atoms with E-state index in [9.17, 15) is 4.79 Å². The molecular formula is C16H23BrN2O2. The Morgan fingerprint density at radius 1 is 1.33 bits per heavy atom. The van der Waals surface area contributed by atoms with Crippen LogP contribution in [0.4, 0.5) is 5.69 Å². The molecule has 1 amide bonds. The normalized spacial score (nSPS) is 17.1. The molecule has 2 N–H and O–H groups in total. The molecule has 0 radical (unpaired) electrons. The van der Waals surface area contributed by atoms with Crippen LogP contribution in [0.5, 0.6) is 5.75 Å². The van der Waals surface area contributed by atoms with Crippen LogP contribution < -0.4 is 15.4 Å². The zero-order chi connectivity index (χ0) is 15.2. The van der Waals surface area contributed by atoms with Gasteiger partial charge in [0.05, 0.1) is 11.6 Å². The number of methoxy groups -OCH3 is 1. The Kier molecular flexibility index (Phi) is 5.91. The summed E-state index contributed by atoms with van der Waals surface area (Å²) in [6, 6.07) is 5.79. The molecule has 1 saturated carbocycles. The lowest BCUT2D eigenvalue weighted by atomic mass is 9.95. The molecule has 0 aromatic heterocycles. The van der Waals surface area contributed by atoms with Gasteiger partial charge in [0, 0.05) is 11.7 Å². The van der Waals surface area contributed by atoms with E-state index in [1.54, 1.807) is 7.11 Å². The van der Waals surface area contributed by atoms with Gasteiger partial charge in [0.2, 0.25) is 5.91 Å². The maximum absolute atomic E-state index is 12.2. The predicted molar refractivity (Wildman–Crippen MR) is 88.8 cm³/mol. The fourth-order valence-electron chi connectivity index (χ4n) is 2.64. The van der Waals surface area contributed by atoms with Gasteiger partial charge in [-0.2, -0.15) is 0 Å². The summed E-state index contributed by atoms with van der Waals surface area (Å²) in [5.41, 5.74) is 0.897. The molecule has 116 valence electrons. The second kappa shape index (κ2) is 7.69. The molecule has 1 unspecified atom stereocenters. The van der Waals surface area contributed by atoms with Gasteiger partial charge in [0.15, 0.2) is 0 Å². The molecule has 2 rings (SSSR count). The lowest BCUT2D eigenvalue weighted by Gasteiger charge is -2.25. The van der Waals surface area contributed by atoms with Crippen molar-refractivity contribution in [2.24, 2.45) is 0 Å². The summed E-state index contributed by atoms with van der Waals surface area (Å²) in [5.74, 6) is 0.841. The minimum Gasteiger partial charge on any atom is -0.496 e. The summed E-state index contributed by atoms with van der Waals surface area (Å²) in [6.45, 7) is 1.89. The zero-order valence-corrected chi connectivity index (χ0v) is 14.2. The van der Waals surface area contributed by atoms with Crippen molar-refractivity contribution in [3.63, 3.8) is 0 Å². The van der Waals surface area contributed by atoms with Crippen LogP contribution >= 0.6 is 15.9 Å². The van der Waals surface area contributed by atoms with Gasteiger partial charge in [-0.05, 0) is 53.9 Å². The van der Waals surface area contributed by atoms with Crippen molar-refractivity contribution in [1.29, 1.82) is 0 Å². The maximum atomic E-state index is 12.2. The Bertz CT molecular complexity index is 487. The average Bonchev–Trinajstić information content (AvgIpc) is 2.48. The Morgan fingerprint density at radius 2 is 2.05 bits per heavy atom. The Labute approximate surface area is 134 Å². The quantitative estimate of drug-likeness (QED) is 0.847. The van der Waals surface area contributed by atoms with E-state index in [-0.39, 0.29) is 11.9 Å². The smallest absolute Gasteiger partial charge is 0.242 e. The first-order valence-electron chi connectivity index (χ1n) is 7.50. The zero-order valence-electron chi connectivity index (χ0n) is 12.6. The highest BCUT2D eigenvalue weighted by molar-refractivity contribution is 9.10. The van der Waals surface area contributed by atoms with Crippen molar-refractivity contribution in [2.45, 2.75) is 51.1 Å². The van der Waals surface area contributed by atoms with Crippen molar-refractivity contribution >= 4 is 27.5 Å². The number of nitrogens with one attached hydrogen (secondary N) is 2. The van der Waals surface area contributed by atoms with Crippen LogP contribution in [0.15, 0.2) is 22.7 Å². The van der Waals surface area contributed by atoms with Crippen LogP contribution in [-0.2, 0) is 4.79 Å². The van der Waals surface area contributed by atoms with Gasteiger partial charge >= 0.3 is 0 Å². The molecule has 1 aliphatic carbocycles. The second-order valence-corrected chi connectivity index (χ2v) is 6.41. The molecule has 4 nitrogen and oxygen atoms in total. The van der Waals surface area contributed by atoms with E-state index < -0.39 is 0 Å². The SMILES string of the molecule is COc1ccc(NC(C)C(=O)NC2CCCCC2)cc1Br. The topological polar surface area (TPSA) is 50.4 Å². The highest BCUT2D eigenvalue weighted by Crippen LogP contribution is 2.28. The molecule has 1 aromatic rings.